The maximum absolute atomic E-state index is 12.9. The molecule has 0 radical (unpaired) electrons. The van der Waals surface area contributed by atoms with Gasteiger partial charge in [0.2, 0.25) is 0 Å². The molecular weight excluding hydrogens is 1020 g/mol. The Kier molecular flexibility index (Phi) is 66.3. The molecule has 83 heavy (non-hydrogen) atoms. The summed E-state index contributed by atoms with van der Waals surface area (Å²) in [6.07, 6.45) is 99.4. The van der Waals surface area contributed by atoms with Gasteiger partial charge in [0.15, 0.2) is 6.10 Å². The molecule has 0 aliphatic carbocycles. The Morgan fingerprint density at radius 2 is 0.518 bits per heavy atom. The van der Waals surface area contributed by atoms with Gasteiger partial charge in [-0.1, -0.05) is 315 Å². The van der Waals surface area contributed by atoms with Crippen LogP contribution in [0.2, 0.25) is 0 Å². The molecule has 0 aromatic rings. The van der Waals surface area contributed by atoms with Crippen LogP contribution in [0.5, 0.6) is 0 Å². The van der Waals surface area contributed by atoms with Crippen molar-refractivity contribution in [2.45, 2.75) is 322 Å². The van der Waals surface area contributed by atoms with Gasteiger partial charge < -0.3 is 14.2 Å². The SMILES string of the molecule is CC/C=C\C/C=C\C/C=C\C/C=C\C/C=C\CCCCCCCCCCCCCCCCCCCC(=O)OCC(COC(=O)C/C=C\C/C=C\C/C=C\C/C=C\C/C=C\CC)OC(=O)CCCCCCCCC/C=C\CCCCCCCC. The molecule has 0 amide bonds. The third-order valence-electron chi connectivity index (χ3n) is 14.7. The normalized spacial score (nSPS) is 13.0. The summed E-state index contributed by atoms with van der Waals surface area (Å²) in [6, 6.07) is 0. The summed E-state index contributed by atoms with van der Waals surface area (Å²) >= 11 is 0. The Morgan fingerprint density at radius 3 is 0.855 bits per heavy atom. The molecule has 472 valence electrons. The second-order valence-electron chi connectivity index (χ2n) is 22.7. The maximum atomic E-state index is 12.9. The van der Waals surface area contributed by atoms with Crippen molar-refractivity contribution in [1.82, 2.24) is 0 Å². The van der Waals surface area contributed by atoms with Gasteiger partial charge in [-0.3, -0.25) is 14.4 Å². The number of esters is 3. The van der Waals surface area contributed by atoms with Crippen LogP contribution < -0.4 is 0 Å². The highest BCUT2D eigenvalue weighted by atomic mass is 16.6. The van der Waals surface area contributed by atoms with E-state index in [0.717, 1.165) is 103 Å². The Morgan fingerprint density at radius 1 is 0.265 bits per heavy atom. The van der Waals surface area contributed by atoms with Crippen molar-refractivity contribution >= 4 is 17.9 Å². The van der Waals surface area contributed by atoms with Gasteiger partial charge in [0.1, 0.15) is 13.2 Å². The number of rotatable bonds is 62. The second kappa shape index (κ2) is 70.0. The summed E-state index contributed by atoms with van der Waals surface area (Å²) in [7, 11) is 0. The molecule has 0 saturated carbocycles. The highest BCUT2D eigenvalue weighted by Crippen LogP contribution is 2.17. The molecular formula is C77H128O6. The zero-order valence-corrected chi connectivity index (χ0v) is 54.2. The number of hydrogen-bond acceptors (Lipinski definition) is 6. The summed E-state index contributed by atoms with van der Waals surface area (Å²) in [5.41, 5.74) is 0. The monoisotopic (exact) mass is 1150 g/mol. The average molecular weight is 1150 g/mol. The fourth-order valence-electron chi connectivity index (χ4n) is 9.54. The van der Waals surface area contributed by atoms with E-state index in [9.17, 15) is 14.4 Å². The van der Waals surface area contributed by atoms with Gasteiger partial charge in [-0.05, 0) is 116 Å². The second-order valence-corrected chi connectivity index (χ2v) is 22.7. The van der Waals surface area contributed by atoms with Gasteiger partial charge in [-0.2, -0.15) is 0 Å². The lowest BCUT2D eigenvalue weighted by Gasteiger charge is -2.18. The lowest BCUT2D eigenvalue weighted by atomic mass is 10.0. The molecule has 0 N–H and O–H groups in total. The van der Waals surface area contributed by atoms with E-state index < -0.39 is 12.1 Å². The quantitative estimate of drug-likeness (QED) is 0.0261. The fourth-order valence-corrected chi connectivity index (χ4v) is 9.54. The standard InChI is InChI=1S/C77H128O6/c1-4-7-10-13-16-19-22-25-28-30-31-32-33-34-35-36-37-38-39-40-41-42-43-44-45-47-49-52-55-58-61-64-67-70-76(79)82-73-74(72-81-75(78)69-66-63-60-57-54-51-48-27-24-21-18-15-12-9-6-3)83-77(80)71-68-65-62-59-56-53-50-46-29-26-23-20-17-14-11-8-5-2/h7,9-10,12,16,18-19,21,25-29,31-32,34-35,48,54,57,63,66,74H,4-6,8,11,13-15,17,20,22-24,30,33,36-47,49-53,55-56,58-62,64-65,67-73H2,1-3H3/b10-7-,12-9-,19-16-,21-18-,28-25-,29-26-,32-31-,35-34-,48-27-,57-54-,66-63-. The van der Waals surface area contributed by atoms with E-state index in [1.54, 1.807) is 6.08 Å². The largest absolute Gasteiger partial charge is 0.462 e. The lowest BCUT2D eigenvalue weighted by Crippen LogP contribution is -2.30. The van der Waals surface area contributed by atoms with Crippen molar-refractivity contribution in [3.8, 4) is 0 Å². The number of carbonyl (C=O) groups is 3. The van der Waals surface area contributed by atoms with Crippen molar-refractivity contribution in [2.75, 3.05) is 13.2 Å². The van der Waals surface area contributed by atoms with E-state index in [0.29, 0.717) is 12.8 Å². The summed E-state index contributed by atoms with van der Waals surface area (Å²) in [5.74, 6) is -1.04. The predicted octanol–water partition coefficient (Wildman–Crippen LogP) is 24.1. The molecule has 0 heterocycles. The molecule has 6 heteroatoms. The molecule has 1 atom stereocenters. The molecule has 0 aromatic carbocycles. The Balaban J connectivity index is 4.27. The van der Waals surface area contributed by atoms with Crippen molar-refractivity contribution in [1.29, 1.82) is 0 Å². The zero-order chi connectivity index (χ0) is 59.9. The van der Waals surface area contributed by atoms with Crippen LogP contribution in [-0.2, 0) is 28.6 Å². The van der Waals surface area contributed by atoms with Crippen LogP contribution in [0.1, 0.15) is 316 Å². The number of allylic oxidation sites excluding steroid dienone is 21. The molecule has 6 nitrogen and oxygen atoms in total. The van der Waals surface area contributed by atoms with Crippen LogP contribution in [0.3, 0.4) is 0 Å². The number of carbonyl (C=O) groups excluding carboxylic acids is 3. The van der Waals surface area contributed by atoms with Crippen LogP contribution in [0.4, 0.5) is 0 Å². The van der Waals surface area contributed by atoms with Gasteiger partial charge in [-0.15, -0.1) is 0 Å². The average Bonchev–Trinajstić information content (AvgIpc) is 3.49. The predicted molar refractivity (Wildman–Crippen MR) is 362 cm³/mol. The molecule has 0 aliphatic rings. The van der Waals surface area contributed by atoms with Crippen LogP contribution >= 0.6 is 0 Å². The minimum absolute atomic E-state index is 0.110. The number of ether oxygens (including phenoxy) is 3. The van der Waals surface area contributed by atoms with Gasteiger partial charge in [0.25, 0.3) is 0 Å². The molecule has 1 unspecified atom stereocenters. The first kappa shape index (κ1) is 78.5. The summed E-state index contributed by atoms with van der Waals surface area (Å²) < 4.78 is 16.8. The first-order valence-corrected chi connectivity index (χ1v) is 34.7. The van der Waals surface area contributed by atoms with Gasteiger partial charge in [0.05, 0.1) is 6.42 Å². The minimum Gasteiger partial charge on any atom is -0.462 e. The zero-order valence-electron chi connectivity index (χ0n) is 54.2. The Labute approximate surface area is 513 Å². The summed E-state index contributed by atoms with van der Waals surface area (Å²) in [6.45, 7) is 6.34. The van der Waals surface area contributed by atoms with Crippen molar-refractivity contribution in [3.05, 3.63) is 134 Å². The van der Waals surface area contributed by atoms with E-state index in [1.165, 1.54) is 173 Å². The topological polar surface area (TPSA) is 78.9 Å². The molecule has 0 aromatic heterocycles. The maximum Gasteiger partial charge on any atom is 0.309 e. The van der Waals surface area contributed by atoms with E-state index in [1.807, 2.05) is 6.08 Å². The van der Waals surface area contributed by atoms with Crippen LogP contribution in [0.25, 0.3) is 0 Å². The smallest absolute Gasteiger partial charge is 0.309 e. The van der Waals surface area contributed by atoms with E-state index in [-0.39, 0.29) is 31.6 Å². The highest BCUT2D eigenvalue weighted by Gasteiger charge is 2.19. The Bertz CT molecular complexity index is 1750. The molecule has 0 saturated heterocycles. The highest BCUT2D eigenvalue weighted by molar-refractivity contribution is 5.72. The van der Waals surface area contributed by atoms with Crippen molar-refractivity contribution < 1.29 is 28.6 Å². The van der Waals surface area contributed by atoms with E-state index in [4.69, 9.17) is 14.2 Å². The molecule has 0 aliphatic heterocycles. The lowest BCUT2D eigenvalue weighted by molar-refractivity contribution is -0.166. The van der Waals surface area contributed by atoms with Crippen LogP contribution in [0, 0.1) is 0 Å². The van der Waals surface area contributed by atoms with Gasteiger partial charge in [0, 0.05) is 12.8 Å². The molecule has 0 rings (SSSR count). The van der Waals surface area contributed by atoms with Crippen molar-refractivity contribution in [3.63, 3.8) is 0 Å². The third kappa shape index (κ3) is 68.2. The minimum atomic E-state index is -0.824. The van der Waals surface area contributed by atoms with Gasteiger partial charge in [-0.25, -0.2) is 0 Å². The number of hydrogen-bond donors (Lipinski definition) is 0. The molecule has 0 fully saturated rings. The van der Waals surface area contributed by atoms with Crippen LogP contribution in [-0.4, -0.2) is 37.2 Å². The summed E-state index contributed by atoms with van der Waals surface area (Å²) in [5, 5.41) is 0. The van der Waals surface area contributed by atoms with E-state index >= 15 is 0 Å². The Hall–Kier alpha value is -4.45. The fraction of sp³-hybridized carbons (Fsp3) is 0.675. The summed E-state index contributed by atoms with van der Waals surface area (Å²) in [4.78, 5) is 38.3. The number of unbranched alkanes of at least 4 members (excludes halogenated alkanes) is 30. The van der Waals surface area contributed by atoms with Gasteiger partial charge >= 0.3 is 17.9 Å². The first-order valence-electron chi connectivity index (χ1n) is 34.7. The first-order chi connectivity index (χ1) is 41.0. The molecule has 0 spiro atoms. The van der Waals surface area contributed by atoms with E-state index in [2.05, 4.69) is 142 Å². The molecule has 0 bridgehead atoms. The third-order valence-corrected chi connectivity index (χ3v) is 14.7. The van der Waals surface area contributed by atoms with Crippen molar-refractivity contribution in [2.24, 2.45) is 0 Å². The van der Waals surface area contributed by atoms with Crippen LogP contribution in [0.15, 0.2) is 134 Å².